The van der Waals surface area contributed by atoms with Crippen LogP contribution in [-0.4, -0.2) is 30.6 Å². The van der Waals surface area contributed by atoms with E-state index in [1.807, 2.05) is 0 Å². The number of rotatable bonds is 4. The molecule has 94 valence electrons. The summed E-state index contributed by atoms with van der Waals surface area (Å²) < 4.78 is 13.6. The molecule has 0 amide bonds. The van der Waals surface area contributed by atoms with Crippen molar-refractivity contribution in [3.63, 3.8) is 0 Å². The second-order valence-corrected chi connectivity index (χ2v) is 4.76. The second kappa shape index (κ2) is 5.36. The van der Waals surface area contributed by atoms with E-state index in [2.05, 4.69) is 17.1 Å². The van der Waals surface area contributed by atoms with E-state index in [0.29, 0.717) is 11.4 Å². The quantitative estimate of drug-likeness (QED) is 0.790. The van der Waals surface area contributed by atoms with E-state index in [4.69, 9.17) is 5.73 Å². The normalized spacial score (nSPS) is 18.2. The van der Waals surface area contributed by atoms with Gasteiger partial charge in [0.15, 0.2) is 0 Å². The van der Waals surface area contributed by atoms with Crippen LogP contribution in [0.3, 0.4) is 0 Å². The molecule has 0 saturated carbocycles. The Balaban J connectivity index is 1.95. The molecular formula is C13H20FN3. The van der Waals surface area contributed by atoms with E-state index in [-0.39, 0.29) is 11.9 Å². The van der Waals surface area contributed by atoms with E-state index < -0.39 is 0 Å². The standard InChI is InChI=1S/C13H20FN3/c1-10(9-17-7-2-3-8-17)16-13-11(14)5-4-6-12(13)15/h4-6,10,16H,2-3,7-9,15H2,1H3. The summed E-state index contributed by atoms with van der Waals surface area (Å²) in [6.45, 7) is 5.30. The summed E-state index contributed by atoms with van der Waals surface area (Å²) in [5, 5.41) is 3.16. The Hall–Kier alpha value is -1.29. The molecule has 3 N–H and O–H groups in total. The minimum Gasteiger partial charge on any atom is -0.397 e. The van der Waals surface area contributed by atoms with Crippen molar-refractivity contribution in [3.8, 4) is 0 Å². The van der Waals surface area contributed by atoms with Crippen molar-refractivity contribution in [1.29, 1.82) is 0 Å². The van der Waals surface area contributed by atoms with Gasteiger partial charge in [0.1, 0.15) is 5.82 Å². The fourth-order valence-electron chi connectivity index (χ4n) is 2.34. The van der Waals surface area contributed by atoms with Gasteiger partial charge in [-0.15, -0.1) is 0 Å². The maximum atomic E-state index is 13.6. The fraction of sp³-hybridized carbons (Fsp3) is 0.538. The molecule has 1 aliphatic rings. The van der Waals surface area contributed by atoms with Crippen molar-refractivity contribution in [1.82, 2.24) is 4.90 Å². The molecule has 1 fully saturated rings. The highest BCUT2D eigenvalue weighted by Crippen LogP contribution is 2.22. The van der Waals surface area contributed by atoms with E-state index in [0.717, 1.165) is 19.6 Å². The van der Waals surface area contributed by atoms with Crippen molar-refractivity contribution < 1.29 is 4.39 Å². The Morgan fingerprint density at radius 2 is 2.12 bits per heavy atom. The third kappa shape index (κ3) is 3.09. The average molecular weight is 237 g/mol. The third-order valence-electron chi connectivity index (χ3n) is 3.17. The van der Waals surface area contributed by atoms with Crippen molar-refractivity contribution in [2.45, 2.75) is 25.8 Å². The molecule has 1 unspecified atom stereocenters. The number of hydrogen-bond donors (Lipinski definition) is 2. The minimum absolute atomic E-state index is 0.201. The van der Waals surface area contributed by atoms with Gasteiger partial charge in [0.25, 0.3) is 0 Å². The van der Waals surface area contributed by atoms with Gasteiger partial charge in [-0.1, -0.05) is 6.07 Å². The highest BCUT2D eigenvalue weighted by atomic mass is 19.1. The van der Waals surface area contributed by atoms with E-state index >= 15 is 0 Å². The van der Waals surface area contributed by atoms with Crippen LogP contribution < -0.4 is 11.1 Å². The number of benzene rings is 1. The summed E-state index contributed by atoms with van der Waals surface area (Å²) in [5.74, 6) is -0.279. The molecule has 2 rings (SSSR count). The fourth-order valence-corrected chi connectivity index (χ4v) is 2.34. The zero-order valence-electron chi connectivity index (χ0n) is 10.2. The van der Waals surface area contributed by atoms with Crippen LogP contribution >= 0.6 is 0 Å². The van der Waals surface area contributed by atoms with Crippen molar-refractivity contribution in [2.75, 3.05) is 30.7 Å². The van der Waals surface area contributed by atoms with E-state index in [1.165, 1.54) is 18.9 Å². The van der Waals surface area contributed by atoms with Gasteiger partial charge in [-0.05, 0) is 45.0 Å². The predicted octanol–water partition coefficient (Wildman–Crippen LogP) is 2.30. The molecule has 1 heterocycles. The molecule has 1 saturated heterocycles. The number of nitrogen functional groups attached to an aromatic ring is 1. The number of anilines is 2. The number of nitrogens with one attached hydrogen (secondary N) is 1. The summed E-state index contributed by atoms with van der Waals surface area (Å²) in [7, 11) is 0. The topological polar surface area (TPSA) is 41.3 Å². The molecule has 0 radical (unpaired) electrons. The molecule has 0 bridgehead atoms. The number of nitrogens with two attached hydrogens (primary N) is 1. The Labute approximate surface area is 102 Å². The van der Waals surface area contributed by atoms with Crippen molar-refractivity contribution in [3.05, 3.63) is 24.0 Å². The molecule has 0 aromatic heterocycles. The van der Waals surface area contributed by atoms with Crippen LogP contribution in [0.15, 0.2) is 18.2 Å². The zero-order chi connectivity index (χ0) is 12.3. The lowest BCUT2D eigenvalue weighted by atomic mass is 10.2. The minimum atomic E-state index is -0.279. The number of para-hydroxylation sites is 1. The lowest BCUT2D eigenvalue weighted by Crippen LogP contribution is -2.33. The van der Waals surface area contributed by atoms with Gasteiger partial charge in [0.05, 0.1) is 11.4 Å². The number of halogens is 1. The maximum Gasteiger partial charge on any atom is 0.148 e. The van der Waals surface area contributed by atoms with Gasteiger partial charge in [-0.3, -0.25) is 0 Å². The molecule has 1 aromatic carbocycles. The lowest BCUT2D eigenvalue weighted by molar-refractivity contribution is 0.327. The number of nitrogens with zero attached hydrogens (tertiary/aromatic N) is 1. The highest BCUT2D eigenvalue weighted by molar-refractivity contribution is 5.66. The molecule has 4 heteroatoms. The Bertz CT molecular complexity index is 355. The van der Waals surface area contributed by atoms with Gasteiger partial charge in [0.2, 0.25) is 0 Å². The van der Waals surface area contributed by atoms with Gasteiger partial charge in [0, 0.05) is 12.6 Å². The first kappa shape index (κ1) is 12.2. The largest absolute Gasteiger partial charge is 0.397 e. The summed E-state index contributed by atoms with van der Waals surface area (Å²) in [6.07, 6.45) is 2.54. The van der Waals surface area contributed by atoms with Crippen LogP contribution in [-0.2, 0) is 0 Å². The van der Waals surface area contributed by atoms with Crippen LogP contribution in [0.5, 0.6) is 0 Å². The molecule has 17 heavy (non-hydrogen) atoms. The molecule has 0 spiro atoms. The van der Waals surface area contributed by atoms with Crippen molar-refractivity contribution >= 4 is 11.4 Å². The summed E-state index contributed by atoms with van der Waals surface area (Å²) in [5.41, 5.74) is 6.66. The van der Waals surface area contributed by atoms with Crippen LogP contribution in [0.1, 0.15) is 19.8 Å². The second-order valence-electron chi connectivity index (χ2n) is 4.76. The van der Waals surface area contributed by atoms with E-state index in [9.17, 15) is 4.39 Å². The molecule has 0 aliphatic carbocycles. The van der Waals surface area contributed by atoms with Gasteiger partial charge >= 0.3 is 0 Å². The van der Waals surface area contributed by atoms with Gasteiger partial charge in [-0.25, -0.2) is 4.39 Å². The van der Waals surface area contributed by atoms with Gasteiger partial charge < -0.3 is 16.0 Å². The molecule has 1 aliphatic heterocycles. The third-order valence-corrected chi connectivity index (χ3v) is 3.17. The number of likely N-dealkylation sites (tertiary alicyclic amines) is 1. The van der Waals surface area contributed by atoms with Crippen molar-refractivity contribution in [2.24, 2.45) is 0 Å². The van der Waals surface area contributed by atoms with Crippen LogP contribution in [0.2, 0.25) is 0 Å². The molecule has 1 aromatic rings. The zero-order valence-corrected chi connectivity index (χ0v) is 10.2. The average Bonchev–Trinajstić information content (AvgIpc) is 2.76. The molecular weight excluding hydrogens is 217 g/mol. The number of hydrogen-bond acceptors (Lipinski definition) is 3. The van der Waals surface area contributed by atoms with Crippen LogP contribution in [0.25, 0.3) is 0 Å². The first-order valence-corrected chi connectivity index (χ1v) is 6.19. The summed E-state index contributed by atoms with van der Waals surface area (Å²) in [4.78, 5) is 2.40. The summed E-state index contributed by atoms with van der Waals surface area (Å²) >= 11 is 0. The smallest absolute Gasteiger partial charge is 0.148 e. The first-order valence-electron chi connectivity index (χ1n) is 6.19. The Morgan fingerprint density at radius 3 is 2.76 bits per heavy atom. The van der Waals surface area contributed by atoms with Crippen LogP contribution in [0.4, 0.5) is 15.8 Å². The Morgan fingerprint density at radius 1 is 1.41 bits per heavy atom. The SMILES string of the molecule is CC(CN1CCCC1)Nc1c(N)cccc1F. The van der Waals surface area contributed by atoms with Crippen LogP contribution in [0, 0.1) is 5.82 Å². The summed E-state index contributed by atoms with van der Waals surface area (Å²) in [6, 6.07) is 4.98. The van der Waals surface area contributed by atoms with E-state index in [1.54, 1.807) is 12.1 Å². The predicted molar refractivity (Wildman–Crippen MR) is 69.6 cm³/mol. The molecule has 1 atom stereocenters. The molecule has 3 nitrogen and oxygen atoms in total. The maximum absolute atomic E-state index is 13.6. The monoisotopic (exact) mass is 237 g/mol. The van der Waals surface area contributed by atoms with Gasteiger partial charge in [-0.2, -0.15) is 0 Å². The lowest BCUT2D eigenvalue weighted by Gasteiger charge is -2.22. The Kier molecular flexibility index (Phi) is 3.84. The first-order chi connectivity index (χ1) is 8.16. The highest BCUT2D eigenvalue weighted by Gasteiger charge is 2.16.